The summed E-state index contributed by atoms with van der Waals surface area (Å²) in [7, 11) is 0. The van der Waals surface area contributed by atoms with Gasteiger partial charge in [0.25, 0.3) is 5.91 Å². The third-order valence-corrected chi connectivity index (χ3v) is 4.74. The number of carbonyl (C=O) groups excluding carboxylic acids is 1. The molecule has 2 heterocycles. The molecule has 1 aromatic heterocycles. The molecule has 0 fully saturated rings. The lowest BCUT2D eigenvalue weighted by atomic mass is 9.99. The Hall–Kier alpha value is -3.15. The molecule has 6 heteroatoms. The van der Waals surface area contributed by atoms with E-state index in [1.54, 1.807) is 11.0 Å². The molecule has 132 valence electrons. The van der Waals surface area contributed by atoms with Gasteiger partial charge < -0.3 is 10.2 Å². The van der Waals surface area contributed by atoms with Crippen molar-refractivity contribution in [1.29, 1.82) is 0 Å². The summed E-state index contributed by atoms with van der Waals surface area (Å²) < 4.78 is 1.65. The van der Waals surface area contributed by atoms with Gasteiger partial charge in [-0.25, -0.2) is 9.67 Å². The van der Waals surface area contributed by atoms with Crippen LogP contribution in [0.5, 0.6) is 0 Å². The lowest BCUT2D eigenvalue weighted by Crippen LogP contribution is -2.47. The van der Waals surface area contributed by atoms with E-state index in [4.69, 9.17) is 0 Å². The molecule has 0 aliphatic carbocycles. The summed E-state index contributed by atoms with van der Waals surface area (Å²) >= 11 is 0. The van der Waals surface area contributed by atoms with Crippen LogP contribution in [0.25, 0.3) is 5.69 Å². The van der Waals surface area contributed by atoms with Crippen molar-refractivity contribution in [3.8, 4) is 5.69 Å². The van der Waals surface area contributed by atoms with Crippen molar-refractivity contribution in [1.82, 2.24) is 14.8 Å². The standard InChI is InChI=1S/C20H21N5O/c1-14(2)18-11-24(19-9-4-3-8-17(19)23-18)20(26)15-6-5-7-16(10-15)25-13-21-12-22-25/h3-10,12-14,18,23H,11H2,1-2H3/t18-/m1/s1. The first kappa shape index (κ1) is 16.3. The molecule has 4 rings (SSSR count). The van der Waals surface area contributed by atoms with Gasteiger partial charge in [-0.05, 0) is 36.2 Å². The second-order valence-electron chi connectivity index (χ2n) is 6.82. The Kier molecular flexibility index (Phi) is 4.16. The third-order valence-electron chi connectivity index (χ3n) is 4.74. The highest BCUT2D eigenvalue weighted by Gasteiger charge is 2.30. The van der Waals surface area contributed by atoms with Crippen molar-refractivity contribution in [2.45, 2.75) is 19.9 Å². The molecule has 1 amide bonds. The maximum atomic E-state index is 13.3. The highest BCUT2D eigenvalue weighted by atomic mass is 16.2. The minimum Gasteiger partial charge on any atom is -0.379 e. The van der Waals surface area contributed by atoms with Gasteiger partial charge in [0.05, 0.1) is 17.1 Å². The Balaban J connectivity index is 1.70. The van der Waals surface area contributed by atoms with Crippen molar-refractivity contribution < 1.29 is 4.79 Å². The van der Waals surface area contributed by atoms with Crippen LogP contribution in [0.1, 0.15) is 24.2 Å². The molecule has 1 atom stereocenters. The van der Waals surface area contributed by atoms with Gasteiger partial charge in [-0.3, -0.25) is 4.79 Å². The van der Waals surface area contributed by atoms with Gasteiger partial charge in [0.15, 0.2) is 0 Å². The molecular weight excluding hydrogens is 326 g/mol. The molecule has 2 aromatic carbocycles. The highest BCUT2D eigenvalue weighted by molar-refractivity contribution is 6.08. The predicted octanol–water partition coefficient (Wildman–Crippen LogP) is 3.36. The van der Waals surface area contributed by atoms with Crippen LogP contribution in [0, 0.1) is 5.92 Å². The highest BCUT2D eigenvalue weighted by Crippen LogP contribution is 2.33. The molecule has 0 saturated heterocycles. The predicted molar refractivity (Wildman–Crippen MR) is 102 cm³/mol. The van der Waals surface area contributed by atoms with Crippen molar-refractivity contribution >= 4 is 17.3 Å². The lowest BCUT2D eigenvalue weighted by Gasteiger charge is -2.37. The second-order valence-corrected chi connectivity index (χ2v) is 6.82. The molecule has 0 radical (unpaired) electrons. The number of hydrogen-bond acceptors (Lipinski definition) is 4. The van der Waals surface area contributed by atoms with E-state index in [9.17, 15) is 4.79 Å². The van der Waals surface area contributed by atoms with Gasteiger partial charge in [0.1, 0.15) is 12.7 Å². The van der Waals surface area contributed by atoms with E-state index < -0.39 is 0 Å². The summed E-state index contributed by atoms with van der Waals surface area (Å²) in [6.07, 6.45) is 3.10. The van der Waals surface area contributed by atoms with Crippen molar-refractivity contribution in [3.63, 3.8) is 0 Å². The maximum absolute atomic E-state index is 13.3. The number of nitrogens with zero attached hydrogens (tertiary/aromatic N) is 4. The van der Waals surface area contributed by atoms with Crippen LogP contribution >= 0.6 is 0 Å². The van der Waals surface area contributed by atoms with Gasteiger partial charge >= 0.3 is 0 Å². The molecular formula is C20H21N5O. The Morgan fingerprint density at radius 1 is 1.19 bits per heavy atom. The summed E-state index contributed by atoms with van der Waals surface area (Å²) in [6.45, 7) is 4.97. The lowest BCUT2D eigenvalue weighted by molar-refractivity contribution is 0.0983. The molecule has 0 saturated carbocycles. The van der Waals surface area contributed by atoms with Gasteiger partial charge in [0, 0.05) is 18.2 Å². The van der Waals surface area contributed by atoms with E-state index in [1.807, 2.05) is 53.4 Å². The number of anilines is 2. The number of fused-ring (bicyclic) bond motifs is 1. The summed E-state index contributed by atoms with van der Waals surface area (Å²) in [5, 5.41) is 7.69. The topological polar surface area (TPSA) is 63.1 Å². The zero-order chi connectivity index (χ0) is 18.1. The number of carbonyl (C=O) groups is 1. The normalized spacial score (nSPS) is 16.3. The largest absolute Gasteiger partial charge is 0.379 e. The minimum absolute atomic E-state index is 0.00781. The SMILES string of the molecule is CC(C)[C@H]1CN(C(=O)c2cccc(-n3cncn3)c2)c2ccccc2N1. The Morgan fingerprint density at radius 2 is 2.04 bits per heavy atom. The van der Waals surface area contributed by atoms with E-state index >= 15 is 0 Å². The Morgan fingerprint density at radius 3 is 2.81 bits per heavy atom. The molecule has 3 aromatic rings. The first-order valence-electron chi connectivity index (χ1n) is 8.76. The van der Waals surface area contributed by atoms with E-state index in [0.717, 1.165) is 17.1 Å². The summed E-state index contributed by atoms with van der Waals surface area (Å²) in [5.74, 6) is 0.409. The van der Waals surface area contributed by atoms with Gasteiger partial charge in [-0.15, -0.1) is 0 Å². The van der Waals surface area contributed by atoms with Crippen LogP contribution in [-0.2, 0) is 0 Å². The molecule has 1 aliphatic rings. The fraction of sp³-hybridized carbons (Fsp3) is 0.250. The summed E-state index contributed by atoms with van der Waals surface area (Å²) in [5.41, 5.74) is 3.37. The number of hydrogen-bond donors (Lipinski definition) is 1. The third kappa shape index (κ3) is 2.94. The van der Waals surface area contributed by atoms with Crippen LogP contribution in [0.15, 0.2) is 61.2 Å². The first-order valence-corrected chi connectivity index (χ1v) is 8.76. The number of nitrogens with one attached hydrogen (secondary N) is 1. The van der Waals surface area contributed by atoms with Crippen molar-refractivity contribution in [2.75, 3.05) is 16.8 Å². The molecule has 1 aliphatic heterocycles. The van der Waals surface area contributed by atoms with Crippen LogP contribution in [0.4, 0.5) is 11.4 Å². The van der Waals surface area contributed by atoms with E-state index in [0.29, 0.717) is 18.0 Å². The van der Waals surface area contributed by atoms with E-state index in [-0.39, 0.29) is 11.9 Å². The average molecular weight is 347 g/mol. The zero-order valence-electron chi connectivity index (χ0n) is 14.8. The van der Waals surface area contributed by atoms with E-state index in [1.165, 1.54) is 6.33 Å². The molecule has 0 spiro atoms. The number of aromatic nitrogens is 3. The van der Waals surface area contributed by atoms with Gasteiger partial charge in [-0.2, -0.15) is 5.10 Å². The summed E-state index contributed by atoms with van der Waals surface area (Å²) in [4.78, 5) is 19.1. The van der Waals surface area contributed by atoms with E-state index in [2.05, 4.69) is 29.2 Å². The maximum Gasteiger partial charge on any atom is 0.258 e. The minimum atomic E-state index is -0.00781. The molecule has 0 unspecified atom stereocenters. The quantitative estimate of drug-likeness (QED) is 0.789. The number of rotatable bonds is 3. The number of amides is 1. The smallest absolute Gasteiger partial charge is 0.258 e. The number of benzene rings is 2. The van der Waals surface area contributed by atoms with Crippen LogP contribution in [0.2, 0.25) is 0 Å². The molecule has 6 nitrogen and oxygen atoms in total. The van der Waals surface area contributed by atoms with Gasteiger partial charge in [-0.1, -0.05) is 32.0 Å². The van der Waals surface area contributed by atoms with Crippen LogP contribution in [0.3, 0.4) is 0 Å². The molecule has 26 heavy (non-hydrogen) atoms. The average Bonchev–Trinajstić information content (AvgIpc) is 3.21. The second kappa shape index (κ2) is 6.63. The first-order chi connectivity index (χ1) is 12.6. The zero-order valence-corrected chi connectivity index (χ0v) is 14.8. The fourth-order valence-electron chi connectivity index (χ4n) is 3.22. The van der Waals surface area contributed by atoms with Gasteiger partial charge in [0.2, 0.25) is 0 Å². The van der Waals surface area contributed by atoms with Crippen LogP contribution < -0.4 is 10.2 Å². The van der Waals surface area contributed by atoms with Crippen LogP contribution in [-0.4, -0.2) is 33.3 Å². The fourth-order valence-corrected chi connectivity index (χ4v) is 3.22. The van der Waals surface area contributed by atoms with Crippen molar-refractivity contribution in [2.24, 2.45) is 5.92 Å². The number of para-hydroxylation sites is 2. The van der Waals surface area contributed by atoms with Crippen molar-refractivity contribution in [3.05, 3.63) is 66.7 Å². The Bertz CT molecular complexity index is 919. The monoisotopic (exact) mass is 347 g/mol. The summed E-state index contributed by atoms with van der Waals surface area (Å²) in [6, 6.07) is 15.7. The molecule has 1 N–H and O–H groups in total. The Labute approximate surface area is 152 Å². The molecule has 0 bridgehead atoms.